The zero-order valence-corrected chi connectivity index (χ0v) is 16.4. The van der Waals surface area contributed by atoms with Crippen LogP contribution < -0.4 is 4.46 Å². The number of rotatable bonds is 5. The number of hydrogen-bond acceptors (Lipinski definition) is 1. The normalized spacial score (nSPS) is 16.1. The van der Waals surface area contributed by atoms with E-state index in [1.54, 1.807) is 0 Å². The zero-order chi connectivity index (χ0) is 14.7. The third-order valence-electron chi connectivity index (χ3n) is 2.63. The topological polar surface area (TPSA) is 17.1 Å². The number of benzene rings is 1. The van der Waals surface area contributed by atoms with Crippen molar-refractivity contribution in [2.75, 3.05) is 0 Å². The van der Waals surface area contributed by atoms with Crippen molar-refractivity contribution in [2.45, 2.75) is 55.4 Å². The van der Waals surface area contributed by atoms with Gasteiger partial charge in [-0.05, 0) is 0 Å². The third kappa shape index (κ3) is 6.39. The maximum atomic E-state index is 12.8. The van der Waals surface area contributed by atoms with Gasteiger partial charge < -0.3 is 0 Å². The molecule has 4 heteroatoms. The van der Waals surface area contributed by atoms with Gasteiger partial charge in [0.25, 0.3) is 0 Å². The summed E-state index contributed by atoms with van der Waals surface area (Å²) in [5.41, 5.74) is 0. The molecule has 0 aliphatic rings. The molecule has 0 heterocycles. The molecule has 0 aromatic heterocycles. The van der Waals surface area contributed by atoms with Crippen molar-refractivity contribution in [3.05, 3.63) is 30.3 Å². The second kappa shape index (κ2) is 6.71. The molecule has 0 saturated carbocycles. The molecule has 1 nitrogen and oxygen atoms in total. The van der Waals surface area contributed by atoms with Crippen LogP contribution in [0, 0.1) is 0 Å². The number of hydrogen-bond donors (Lipinski definition) is 0. The first-order valence-corrected chi connectivity index (χ1v) is 13.5. The standard InChI is InChI=1S/C15H26OSSeSi/c1-15(2,3)17(16)14(12-19(4,5)6)18-13-10-8-7-9-11-13/h7-11,14H,12H2,1-6H3/t14?,17-/m1/s1. The minimum atomic E-state index is -1.19. The molecule has 19 heavy (non-hydrogen) atoms. The Kier molecular flexibility index (Phi) is 6.06. The van der Waals surface area contributed by atoms with E-state index in [4.69, 9.17) is 0 Å². The Hall–Kier alpha value is 0.106. The first kappa shape index (κ1) is 17.2. The maximum absolute atomic E-state index is 12.8. The van der Waals surface area contributed by atoms with Crippen LogP contribution >= 0.6 is 0 Å². The summed E-state index contributed by atoms with van der Waals surface area (Å²) in [6.07, 6.45) is 0. The van der Waals surface area contributed by atoms with Crippen LogP contribution in [0.25, 0.3) is 0 Å². The van der Waals surface area contributed by atoms with E-state index in [-0.39, 0.29) is 4.75 Å². The van der Waals surface area contributed by atoms with Crippen molar-refractivity contribution >= 4 is 38.3 Å². The monoisotopic (exact) mass is 362 g/mol. The van der Waals surface area contributed by atoms with E-state index in [0.29, 0.717) is 19.1 Å². The van der Waals surface area contributed by atoms with Gasteiger partial charge in [0.15, 0.2) is 0 Å². The molecular formula is C15H26OSSeSi. The Morgan fingerprint density at radius 3 is 2.11 bits per heavy atom. The molecule has 1 unspecified atom stereocenters. The van der Waals surface area contributed by atoms with E-state index >= 15 is 0 Å². The molecule has 0 saturated heterocycles. The SMILES string of the molecule is CC(C)(C)[S@](=O)C(C[Si](C)(C)C)[Se]c1ccccc1. The van der Waals surface area contributed by atoms with E-state index in [9.17, 15) is 4.21 Å². The van der Waals surface area contributed by atoms with Crippen LogP contribution in [0.2, 0.25) is 25.7 Å². The molecule has 0 radical (unpaired) electrons. The van der Waals surface area contributed by atoms with Crippen molar-refractivity contribution in [1.82, 2.24) is 0 Å². The molecule has 1 rings (SSSR count). The van der Waals surface area contributed by atoms with Gasteiger partial charge in [-0.15, -0.1) is 0 Å². The van der Waals surface area contributed by atoms with Gasteiger partial charge in [0, 0.05) is 0 Å². The van der Waals surface area contributed by atoms with Gasteiger partial charge >= 0.3 is 128 Å². The van der Waals surface area contributed by atoms with Crippen LogP contribution in [0.1, 0.15) is 20.8 Å². The van der Waals surface area contributed by atoms with Crippen LogP contribution in [-0.4, -0.2) is 36.1 Å². The summed E-state index contributed by atoms with van der Waals surface area (Å²) in [5, 5.41) is 0. The van der Waals surface area contributed by atoms with E-state index in [1.807, 2.05) is 6.07 Å². The predicted molar refractivity (Wildman–Crippen MR) is 91.7 cm³/mol. The molecule has 0 amide bonds. The molecule has 2 atom stereocenters. The Balaban J connectivity index is 2.90. The summed E-state index contributed by atoms with van der Waals surface area (Å²) in [6.45, 7) is 13.4. The van der Waals surface area contributed by atoms with Crippen LogP contribution in [0.15, 0.2) is 30.3 Å². The summed E-state index contributed by atoms with van der Waals surface area (Å²) in [5.74, 6) is 0. The van der Waals surface area contributed by atoms with E-state index < -0.39 is 18.9 Å². The van der Waals surface area contributed by atoms with Crippen molar-refractivity contribution in [3.63, 3.8) is 0 Å². The molecule has 0 N–H and O–H groups in total. The summed E-state index contributed by atoms with van der Waals surface area (Å²) in [4.78, 5) is 0. The van der Waals surface area contributed by atoms with Gasteiger partial charge in [-0.3, -0.25) is 0 Å². The molecule has 0 spiro atoms. The summed E-state index contributed by atoms with van der Waals surface area (Å²) < 4.78 is 14.4. The molecule has 0 fully saturated rings. The Morgan fingerprint density at radius 2 is 1.68 bits per heavy atom. The molecule has 1 aromatic rings. The zero-order valence-electron chi connectivity index (χ0n) is 12.9. The van der Waals surface area contributed by atoms with E-state index in [1.165, 1.54) is 4.46 Å². The Labute approximate surface area is 128 Å². The average Bonchev–Trinajstić information content (AvgIpc) is 2.25. The second-order valence-corrected chi connectivity index (χ2v) is 18.3. The van der Waals surface area contributed by atoms with Crippen molar-refractivity contribution in [2.24, 2.45) is 0 Å². The van der Waals surface area contributed by atoms with Gasteiger partial charge in [-0.1, -0.05) is 0 Å². The molecule has 1 aromatic carbocycles. The molecule has 0 aliphatic heterocycles. The van der Waals surface area contributed by atoms with Crippen LogP contribution in [0.3, 0.4) is 0 Å². The molecule has 0 bridgehead atoms. The average molecular weight is 361 g/mol. The molecule has 108 valence electrons. The summed E-state index contributed by atoms with van der Waals surface area (Å²) in [6, 6.07) is 11.7. The predicted octanol–water partition coefficient (Wildman–Crippen LogP) is 3.23. The fourth-order valence-electron chi connectivity index (χ4n) is 1.71. The van der Waals surface area contributed by atoms with Crippen molar-refractivity contribution < 1.29 is 4.21 Å². The fraction of sp³-hybridized carbons (Fsp3) is 0.600. The second-order valence-electron chi connectivity index (χ2n) is 7.04. The van der Waals surface area contributed by atoms with Gasteiger partial charge in [-0.2, -0.15) is 0 Å². The quantitative estimate of drug-likeness (QED) is 0.736. The first-order chi connectivity index (χ1) is 8.59. The van der Waals surface area contributed by atoms with Crippen LogP contribution in [0.4, 0.5) is 0 Å². The fourth-order valence-corrected chi connectivity index (χ4v) is 13.7. The van der Waals surface area contributed by atoms with Gasteiger partial charge in [0.05, 0.1) is 0 Å². The Bertz CT molecular complexity index is 420. The van der Waals surface area contributed by atoms with E-state index in [2.05, 4.69) is 64.7 Å². The third-order valence-corrected chi connectivity index (χ3v) is 10.7. The summed E-state index contributed by atoms with van der Waals surface area (Å²) in [7, 11) is -1.95. The van der Waals surface area contributed by atoms with Crippen molar-refractivity contribution in [3.8, 4) is 0 Å². The minimum absolute atomic E-state index is 0.110. The molecular weight excluding hydrogens is 335 g/mol. The van der Waals surface area contributed by atoms with Gasteiger partial charge in [0.1, 0.15) is 0 Å². The van der Waals surface area contributed by atoms with Gasteiger partial charge in [-0.25, -0.2) is 0 Å². The first-order valence-electron chi connectivity index (χ1n) is 6.72. The Morgan fingerprint density at radius 1 is 1.16 bits per heavy atom. The van der Waals surface area contributed by atoms with Crippen LogP contribution in [0.5, 0.6) is 0 Å². The summed E-state index contributed by atoms with van der Waals surface area (Å²) >= 11 is 0.305. The van der Waals surface area contributed by atoms with Gasteiger partial charge in [0.2, 0.25) is 0 Å². The van der Waals surface area contributed by atoms with Crippen LogP contribution in [-0.2, 0) is 10.8 Å². The van der Waals surface area contributed by atoms with Crippen molar-refractivity contribution in [1.29, 1.82) is 0 Å². The van der Waals surface area contributed by atoms with E-state index in [0.717, 1.165) is 6.04 Å². The molecule has 0 aliphatic carbocycles.